The lowest BCUT2D eigenvalue weighted by Crippen LogP contribution is -2.38. The first kappa shape index (κ1) is 36.5. The molecule has 1 unspecified atom stereocenters. The van der Waals surface area contributed by atoms with Crippen LogP contribution in [0.15, 0.2) is 54.6 Å². The molecule has 4 heterocycles. The van der Waals surface area contributed by atoms with Gasteiger partial charge < -0.3 is 18.8 Å². The van der Waals surface area contributed by atoms with Crippen molar-refractivity contribution >= 4 is 39.2 Å². The van der Waals surface area contributed by atoms with Crippen molar-refractivity contribution in [1.29, 1.82) is 0 Å². The molecule has 1 fully saturated rings. The van der Waals surface area contributed by atoms with Gasteiger partial charge in [0.2, 0.25) is 0 Å². The Morgan fingerprint density at radius 3 is 2.54 bits per heavy atom. The average molecular weight is 726 g/mol. The van der Waals surface area contributed by atoms with Crippen molar-refractivity contribution in [3.63, 3.8) is 0 Å². The maximum atomic E-state index is 14.0. The van der Waals surface area contributed by atoms with E-state index >= 15 is 0 Å². The molecule has 0 aliphatic carbocycles. The Morgan fingerprint density at radius 1 is 0.942 bits per heavy atom. The van der Waals surface area contributed by atoms with Gasteiger partial charge in [-0.3, -0.25) is 14.5 Å². The molecule has 0 saturated carbocycles. The van der Waals surface area contributed by atoms with E-state index in [9.17, 15) is 4.79 Å². The van der Waals surface area contributed by atoms with Gasteiger partial charge in [0, 0.05) is 60.8 Å². The summed E-state index contributed by atoms with van der Waals surface area (Å²) in [5.74, 6) is 0.585. The van der Waals surface area contributed by atoms with Gasteiger partial charge in [-0.15, -0.1) is 0 Å². The summed E-state index contributed by atoms with van der Waals surface area (Å²) in [5, 5.41) is 9.25. The Kier molecular flexibility index (Phi) is 11.5. The highest BCUT2D eigenvalue weighted by atomic mass is 35.5. The number of hydrogen-bond acceptors (Lipinski definition) is 7. The summed E-state index contributed by atoms with van der Waals surface area (Å²) in [7, 11) is 4.28. The predicted octanol–water partition coefficient (Wildman–Crippen LogP) is 8.09. The number of morpholine rings is 1. The van der Waals surface area contributed by atoms with Crippen LogP contribution < -0.4 is 4.74 Å². The minimum atomic E-state index is -0.289. The molecule has 0 radical (unpaired) electrons. The number of carbonyl (C=O) groups excluding carboxylic acids is 1. The summed E-state index contributed by atoms with van der Waals surface area (Å²) in [6.45, 7) is 10.9. The number of hydrogen-bond donors (Lipinski definition) is 0. The molecule has 276 valence electrons. The van der Waals surface area contributed by atoms with Crippen molar-refractivity contribution in [2.75, 3.05) is 59.7 Å². The summed E-state index contributed by atoms with van der Waals surface area (Å²) < 4.78 is 22.1. The largest absolute Gasteiger partial charge is 0.493 e. The van der Waals surface area contributed by atoms with Crippen molar-refractivity contribution in [3.8, 4) is 16.9 Å². The number of ether oxygens (including phenoxy) is 3. The number of carbonyl (C=O) groups is 1. The van der Waals surface area contributed by atoms with Gasteiger partial charge in [-0.25, -0.2) is 4.79 Å². The molecule has 52 heavy (non-hydrogen) atoms. The lowest BCUT2D eigenvalue weighted by atomic mass is 9.93. The quantitative estimate of drug-likeness (QED) is 0.101. The number of benzene rings is 3. The van der Waals surface area contributed by atoms with E-state index in [1.807, 2.05) is 41.9 Å². The molecule has 2 aromatic heterocycles. The molecule has 9 nitrogen and oxygen atoms in total. The van der Waals surface area contributed by atoms with Crippen molar-refractivity contribution in [2.45, 2.75) is 65.0 Å². The fourth-order valence-electron chi connectivity index (χ4n) is 8.37. The number of rotatable bonds is 11. The van der Waals surface area contributed by atoms with Crippen LogP contribution in [-0.4, -0.2) is 89.8 Å². The summed E-state index contributed by atoms with van der Waals surface area (Å²) in [6, 6.07) is 18.7. The highest BCUT2D eigenvalue weighted by Gasteiger charge is 2.33. The van der Waals surface area contributed by atoms with Gasteiger partial charge in [0.15, 0.2) is 0 Å². The Morgan fingerprint density at radius 2 is 1.73 bits per heavy atom. The van der Waals surface area contributed by atoms with Crippen LogP contribution in [0.4, 0.5) is 0 Å². The van der Waals surface area contributed by atoms with Crippen LogP contribution in [0.1, 0.15) is 73.0 Å². The number of nitrogens with zero attached hydrogens (tertiary/aromatic N) is 5. The number of aryl methyl sites for hydroxylation is 3. The van der Waals surface area contributed by atoms with E-state index in [2.05, 4.69) is 59.7 Å². The van der Waals surface area contributed by atoms with Crippen LogP contribution in [0.5, 0.6) is 5.75 Å². The molecular weight excluding hydrogens is 674 g/mol. The monoisotopic (exact) mass is 725 g/mol. The van der Waals surface area contributed by atoms with E-state index in [0.717, 1.165) is 127 Å². The summed E-state index contributed by atoms with van der Waals surface area (Å²) >= 11 is 7.34. The minimum absolute atomic E-state index is 0.104. The molecule has 7 rings (SSSR count). The molecule has 5 aromatic rings. The fourth-order valence-corrected chi connectivity index (χ4v) is 8.61. The van der Waals surface area contributed by atoms with E-state index in [1.165, 1.54) is 0 Å². The van der Waals surface area contributed by atoms with Crippen molar-refractivity contribution in [1.82, 2.24) is 24.1 Å². The van der Waals surface area contributed by atoms with Gasteiger partial charge in [0.25, 0.3) is 0 Å². The highest BCUT2D eigenvalue weighted by molar-refractivity contribution is 6.35. The smallest absolute Gasteiger partial charge is 0.355 e. The molecule has 1 saturated heterocycles. The molecule has 10 heteroatoms. The van der Waals surface area contributed by atoms with E-state index in [-0.39, 0.29) is 12.0 Å². The number of fused-ring (bicyclic) bond motifs is 3. The van der Waals surface area contributed by atoms with Gasteiger partial charge in [-0.05, 0) is 82.1 Å². The molecule has 3 aromatic carbocycles. The third-order valence-corrected chi connectivity index (χ3v) is 11.2. The standard InChI is InChI=1S/C42H52ClN5O4/c1-5-34-38-37-33(43)19-18-32-31(16-12-26-52-36-17-11-14-29-13-7-8-15-30(29)36)41(42(49)51-6-2)48(40(32)37)22-10-9-21-45(3)35(39(38)44-46(34)4)20-23-47-24-27-50-28-25-47/h7-8,11,13-15,17-19,35H,5-6,9-10,12,16,20-28H2,1-4H3. The molecule has 0 N–H and O–H groups in total. The summed E-state index contributed by atoms with van der Waals surface area (Å²) in [4.78, 5) is 19.0. The number of aromatic nitrogens is 3. The van der Waals surface area contributed by atoms with E-state index < -0.39 is 0 Å². The number of halogens is 1. The van der Waals surface area contributed by atoms with Crippen LogP contribution in [0.25, 0.3) is 32.8 Å². The van der Waals surface area contributed by atoms with Gasteiger partial charge in [-0.1, -0.05) is 61.0 Å². The zero-order chi connectivity index (χ0) is 36.2. The van der Waals surface area contributed by atoms with Gasteiger partial charge in [0.1, 0.15) is 11.4 Å². The normalized spacial score (nSPS) is 17.3. The zero-order valence-electron chi connectivity index (χ0n) is 31.1. The fraction of sp³-hybridized carbons (Fsp3) is 0.476. The van der Waals surface area contributed by atoms with Gasteiger partial charge in [-0.2, -0.15) is 5.10 Å². The van der Waals surface area contributed by atoms with E-state index in [4.69, 9.17) is 30.9 Å². The number of esters is 1. The molecule has 0 amide bonds. The predicted molar refractivity (Wildman–Crippen MR) is 209 cm³/mol. The second kappa shape index (κ2) is 16.4. The summed E-state index contributed by atoms with van der Waals surface area (Å²) in [5.41, 5.74) is 6.89. The minimum Gasteiger partial charge on any atom is -0.493 e. The van der Waals surface area contributed by atoms with Crippen molar-refractivity contribution in [3.05, 3.63) is 82.3 Å². The molecule has 2 aliphatic heterocycles. The van der Waals surface area contributed by atoms with Crippen LogP contribution in [0, 0.1) is 0 Å². The Hall–Kier alpha value is -3.89. The summed E-state index contributed by atoms with van der Waals surface area (Å²) in [6.07, 6.45) is 5.05. The zero-order valence-corrected chi connectivity index (χ0v) is 31.9. The first-order chi connectivity index (χ1) is 25.4. The highest BCUT2D eigenvalue weighted by Crippen LogP contribution is 2.45. The SMILES string of the molecule is CCOC(=O)c1c(CCCOc2cccc3ccccc23)c2ccc(Cl)c3c2n1CCCCN(C)C(CCN1CCOCC1)c1nn(C)c(CC)c1-3. The first-order valence-corrected chi connectivity index (χ1v) is 19.5. The topological polar surface area (TPSA) is 74.0 Å². The molecule has 0 bridgehead atoms. The third-order valence-electron chi connectivity index (χ3n) is 10.9. The maximum Gasteiger partial charge on any atom is 0.355 e. The first-order valence-electron chi connectivity index (χ1n) is 19.1. The van der Waals surface area contributed by atoms with Crippen LogP contribution in [0.2, 0.25) is 5.02 Å². The van der Waals surface area contributed by atoms with E-state index in [1.54, 1.807) is 0 Å². The van der Waals surface area contributed by atoms with Crippen LogP contribution >= 0.6 is 11.6 Å². The second-order valence-corrected chi connectivity index (χ2v) is 14.5. The van der Waals surface area contributed by atoms with Crippen LogP contribution in [0.3, 0.4) is 0 Å². The Bertz CT molecular complexity index is 2020. The second-order valence-electron chi connectivity index (χ2n) is 14.1. The van der Waals surface area contributed by atoms with Crippen molar-refractivity contribution < 1.29 is 19.0 Å². The lowest BCUT2D eigenvalue weighted by molar-refractivity contribution is 0.0334. The maximum absolute atomic E-state index is 14.0. The van der Waals surface area contributed by atoms with E-state index in [0.29, 0.717) is 36.9 Å². The molecule has 1 atom stereocenters. The molecule has 0 spiro atoms. The van der Waals surface area contributed by atoms with Gasteiger partial charge >= 0.3 is 5.97 Å². The van der Waals surface area contributed by atoms with Crippen molar-refractivity contribution in [2.24, 2.45) is 7.05 Å². The van der Waals surface area contributed by atoms with Crippen LogP contribution in [-0.2, 0) is 35.9 Å². The molecule has 2 aliphatic rings. The molecular formula is C42H52ClN5O4. The third kappa shape index (κ3) is 7.21. The van der Waals surface area contributed by atoms with Gasteiger partial charge in [0.05, 0.1) is 48.7 Å². The average Bonchev–Trinajstić information content (AvgIpc) is 3.64. The lowest BCUT2D eigenvalue weighted by Gasteiger charge is -2.32. The Labute approximate surface area is 312 Å². The Balaban J connectivity index is 1.33.